The lowest BCUT2D eigenvalue weighted by Gasteiger charge is -2.03. The molecule has 0 radical (unpaired) electrons. The van der Waals surface area contributed by atoms with Gasteiger partial charge >= 0.3 is 0 Å². The summed E-state index contributed by atoms with van der Waals surface area (Å²) in [6.45, 7) is 1.97. The Morgan fingerprint density at radius 3 is 2.09 bits per heavy atom. The summed E-state index contributed by atoms with van der Waals surface area (Å²) in [6, 6.07) is 3.81. The van der Waals surface area contributed by atoms with Crippen LogP contribution in [0, 0.1) is 6.92 Å². The predicted molar refractivity (Wildman–Crippen MR) is 53.8 cm³/mol. The third kappa shape index (κ3) is 2.11. The van der Waals surface area contributed by atoms with E-state index in [1.54, 1.807) is 0 Å². The van der Waals surface area contributed by atoms with E-state index in [0.29, 0.717) is 5.33 Å². The molecule has 0 amide bonds. The van der Waals surface area contributed by atoms with Crippen molar-refractivity contribution in [3.63, 3.8) is 0 Å². The van der Waals surface area contributed by atoms with Crippen LogP contribution >= 0.6 is 39.1 Å². The second-order valence-electron chi connectivity index (χ2n) is 2.34. The van der Waals surface area contributed by atoms with Gasteiger partial charge in [-0.15, -0.1) is 0 Å². The van der Waals surface area contributed by atoms with Crippen molar-refractivity contribution >= 4 is 39.1 Å². The van der Waals surface area contributed by atoms with Crippen LogP contribution in [-0.4, -0.2) is 0 Å². The molecule has 0 saturated carbocycles. The van der Waals surface area contributed by atoms with Crippen LogP contribution < -0.4 is 0 Å². The number of benzene rings is 1. The third-order valence-corrected chi connectivity index (χ3v) is 2.65. The zero-order valence-electron chi connectivity index (χ0n) is 6.00. The zero-order valence-corrected chi connectivity index (χ0v) is 9.09. The van der Waals surface area contributed by atoms with Crippen molar-refractivity contribution in [1.82, 2.24) is 0 Å². The Morgan fingerprint density at radius 1 is 1.27 bits per heavy atom. The molecule has 3 heteroatoms. The summed E-state index contributed by atoms with van der Waals surface area (Å²) in [5.74, 6) is 0. The molecule has 0 heterocycles. The van der Waals surface area contributed by atoms with Gasteiger partial charge in [0.15, 0.2) is 0 Å². The first-order valence-electron chi connectivity index (χ1n) is 3.15. The van der Waals surface area contributed by atoms with Crippen LogP contribution in [0.4, 0.5) is 0 Å². The van der Waals surface area contributed by atoms with Crippen molar-refractivity contribution < 1.29 is 0 Å². The van der Waals surface area contributed by atoms with Gasteiger partial charge in [-0.25, -0.2) is 0 Å². The Morgan fingerprint density at radius 2 is 1.73 bits per heavy atom. The molecule has 0 aliphatic heterocycles. The maximum atomic E-state index is 5.92. The summed E-state index contributed by atoms with van der Waals surface area (Å²) in [6.07, 6.45) is 0. The zero-order chi connectivity index (χ0) is 8.43. The van der Waals surface area contributed by atoms with E-state index in [4.69, 9.17) is 23.2 Å². The fourth-order valence-corrected chi connectivity index (χ4v) is 2.51. The Balaban J connectivity index is 3.25. The largest absolute Gasteiger partial charge is 0.0875 e. The van der Waals surface area contributed by atoms with Gasteiger partial charge in [-0.3, -0.25) is 0 Å². The van der Waals surface area contributed by atoms with Crippen molar-refractivity contribution in [2.75, 3.05) is 0 Å². The van der Waals surface area contributed by atoms with E-state index >= 15 is 0 Å². The SMILES string of the molecule is Cc1cc(Cl)c(CBr)c(Cl)c1. The molecule has 0 aromatic heterocycles. The van der Waals surface area contributed by atoms with Gasteiger partial charge in [0.2, 0.25) is 0 Å². The lowest BCUT2D eigenvalue weighted by molar-refractivity contribution is 1.38. The highest BCUT2D eigenvalue weighted by molar-refractivity contribution is 9.08. The van der Waals surface area contributed by atoms with Crippen molar-refractivity contribution in [1.29, 1.82) is 0 Å². The van der Waals surface area contributed by atoms with Crippen molar-refractivity contribution in [3.8, 4) is 0 Å². The molecule has 0 bridgehead atoms. The topological polar surface area (TPSA) is 0 Å². The first-order chi connectivity index (χ1) is 5.15. The molecule has 0 nitrogen and oxygen atoms in total. The van der Waals surface area contributed by atoms with E-state index in [0.717, 1.165) is 21.2 Å². The number of halogens is 3. The Hall–Kier alpha value is 0.280. The molecule has 0 N–H and O–H groups in total. The summed E-state index contributed by atoms with van der Waals surface area (Å²) in [4.78, 5) is 0. The van der Waals surface area contributed by atoms with E-state index in [1.807, 2.05) is 19.1 Å². The molecule has 11 heavy (non-hydrogen) atoms. The second kappa shape index (κ2) is 3.79. The lowest BCUT2D eigenvalue weighted by atomic mass is 10.2. The van der Waals surface area contributed by atoms with Crippen LogP contribution in [0.1, 0.15) is 11.1 Å². The molecule has 0 aliphatic carbocycles. The summed E-state index contributed by atoms with van der Waals surface area (Å²) in [7, 11) is 0. The smallest absolute Gasteiger partial charge is 0.0464 e. The molecule has 0 saturated heterocycles. The fraction of sp³-hybridized carbons (Fsp3) is 0.250. The number of hydrogen-bond donors (Lipinski definition) is 0. The Labute approximate surface area is 84.6 Å². The highest BCUT2D eigenvalue weighted by Crippen LogP contribution is 2.27. The molecule has 0 spiro atoms. The van der Waals surface area contributed by atoms with Crippen molar-refractivity contribution in [2.45, 2.75) is 12.3 Å². The molecule has 1 aromatic carbocycles. The maximum Gasteiger partial charge on any atom is 0.0464 e. The number of rotatable bonds is 1. The monoisotopic (exact) mass is 252 g/mol. The lowest BCUT2D eigenvalue weighted by Crippen LogP contribution is -1.83. The fourth-order valence-electron chi connectivity index (χ4n) is 0.857. The summed E-state index contributed by atoms with van der Waals surface area (Å²) < 4.78 is 0. The van der Waals surface area contributed by atoms with Gasteiger partial charge in [0.25, 0.3) is 0 Å². The minimum Gasteiger partial charge on any atom is -0.0875 e. The second-order valence-corrected chi connectivity index (χ2v) is 3.72. The molecule has 0 unspecified atom stereocenters. The molecule has 1 aromatic rings. The van der Waals surface area contributed by atoms with Gasteiger partial charge in [-0.1, -0.05) is 39.1 Å². The first-order valence-corrected chi connectivity index (χ1v) is 5.03. The first kappa shape index (κ1) is 9.37. The van der Waals surface area contributed by atoms with Crippen molar-refractivity contribution in [3.05, 3.63) is 33.3 Å². The number of alkyl halides is 1. The van der Waals surface area contributed by atoms with Crippen LogP contribution in [0.3, 0.4) is 0 Å². The van der Waals surface area contributed by atoms with Crippen LogP contribution in [0.25, 0.3) is 0 Å². The molecule has 1 rings (SSSR count). The maximum absolute atomic E-state index is 5.92. The quantitative estimate of drug-likeness (QED) is 0.659. The summed E-state index contributed by atoms with van der Waals surface area (Å²) >= 11 is 15.2. The van der Waals surface area contributed by atoms with Gasteiger partial charge in [-0.05, 0) is 30.2 Å². The highest BCUT2D eigenvalue weighted by Gasteiger charge is 2.04. The molecule has 0 fully saturated rings. The summed E-state index contributed by atoms with van der Waals surface area (Å²) in [5, 5.41) is 2.16. The normalized spacial score (nSPS) is 10.2. The predicted octanol–water partition coefficient (Wildman–Crippen LogP) is 4.20. The molecule has 0 atom stereocenters. The van der Waals surface area contributed by atoms with E-state index in [2.05, 4.69) is 15.9 Å². The van der Waals surface area contributed by atoms with E-state index in [1.165, 1.54) is 0 Å². The van der Waals surface area contributed by atoms with E-state index in [9.17, 15) is 0 Å². The van der Waals surface area contributed by atoms with Gasteiger partial charge in [-0.2, -0.15) is 0 Å². The van der Waals surface area contributed by atoms with Crippen LogP contribution in [0.15, 0.2) is 12.1 Å². The van der Waals surface area contributed by atoms with Gasteiger partial charge < -0.3 is 0 Å². The molecule has 0 aliphatic rings. The average Bonchev–Trinajstić information content (AvgIpc) is 1.85. The number of aryl methyl sites for hydroxylation is 1. The molecular formula is C8H7BrCl2. The van der Waals surface area contributed by atoms with Crippen LogP contribution in [0.2, 0.25) is 10.0 Å². The van der Waals surface area contributed by atoms with Gasteiger partial charge in [0.05, 0.1) is 0 Å². The van der Waals surface area contributed by atoms with Crippen LogP contribution in [-0.2, 0) is 5.33 Å². The van der Waals surface area contributed by atoms with Crippen molar-refractivity contribution in [2.24, 2.45) is 0 Å². The van der Waals surface area contributed by atoms with E-state index in [-0.39, 0.29) is 0 Å². The standard InChI is InChI=1S/C8H7BrCl2/c1-5-2-7(10)6(4-9)8(11)3-5/h2-3H,4H2,1H3. The minimum atomic E-state index is 0.699. The van der Waals surface area contributed by atoms with Gasteiger partial charge in [0, 0.05) is 15.4 Å². The third-order valence-electron chi connectivity index (χ3n) is 1.42. The molecule has 60 valence electrons. The Bertz CT molecular complexity index is 248. The van der Waals surface area contributed by atoms with Crippen LogP contribution in [0.5, 0.6) is 0 Å². The Kier molecular flexibility index (Phi) is 3.23. The van der Waals surface area contributed by atoms with E-state index < -0.39 is 0 Å². The highest BCUT2D eigenvalue weighted by atomic mass is 79.9. The minimum absolute atomic E-state index is 0.699. The number of hydrogen-bond acceptors (Lipinski definition) is 0. The average molecular weight is 254 g/mol. The summed E-state index contributed by atoms with van der Waals surface area (Å²) in [5.41, 5.74) is 2.05. The van der Waals surface area contributed by atoms with Gasteiger partial charge in [0.1, 0.15) is 0 Å². The molecular weight excluding hydrogens is 247 g/mol.